The number of likely N-dealkylation sites (N-methyl/N-ethyl adjacent to an activating group) is 1. The van der Waals surface area contributed by atoms with Crippen LogP contribution in [0.25, 0.3) is 0 Å². The van der Waals surface area contributed by atoms with Crippen molar-refractivity contribution in [1.29, 1.82) is 0 Å². The maximum Gasteiger partial charge on any atom is 0.407 e. The number of alkyl carbamates (subject to hydrolysis) is 1. The standard InChI is InChI=1S/C14H27N3O3/c1-14(2,3)15-13(19)20-11-6-8-17(9-7-11)12(18)10-16(4)5/h11H,6-10H2,1-5H3,(H,15,19). The van der Waals surface area contributed by atoms with Gasteiger partial charge in [-0.3, -0.25) is 4.79 Å². The zero-order valence-corrected chi connectivity index (χ0v) is 13.2. The summed E-state index contributed by atoms with van der Waals surface area (Å²) in [6, 6.07) is 0. The molecule has 1 saturated heterocycles. The fraction of sp³-hybridized carbons (Fsp3) is 0.857. The Morgan fingerprint density at radius 3 is 2.25 bits per heavy atom. The van der Waals surface area contributed by atoms with E-state index in [2.05, 4.69) is 5.32 Å². The minimum absolute atomic E-state index is 0.0965. The van der Waals surface area contributed by atoms with Gasteiger partial charge < -0.3 is 19.9 Å². The molecule has 0 unspecified atom stereocenters. The number of nitrogens with zero attached hydrogens (tertiary/aromatic N) is 2. The van der Waals surface area contributed by atoms with E-state index in [0.29, 0.717) is 32.5 Å². The zero-order valence-electron chi connectivity index (χ0n) is 13.2. The van der Waals surface area contributed by atoms with Gasteiger partial charge in [0.1, 0.15) is 6.10 Å². The summed E-state index contributed by atoms with van der Waals surface area (Å²) in [7, 11) is 3.76. The van der Waals surface area contributed by atoms with Crippen molar-refractivity contribution in [1.82, 2.24) is 15.1 Å². The summed E-state index contributed by atoms with van der Waals surface area (Å²) in [6.45, 7) is 7.47. The largest absolute Gasteiger partial charge is 0.446 e. The third kappa shape index (κ3) is 6.23. The van der Waals surface area contributed by atoms with Crippen molar-refractivity contribution < 1.29 is 14.3 Å². The van der Waals surface area contributed by atoms with Gasteiger partial charge in [-0.25, -0.2) is 4.79 Å². The molecule has 1 rings (SSSR count). The summed E-state index contributed by atoms with van der Waals surface area (Å²) in [5.74, 6) is 0.132. The molecule has 0 aliphatic carbocycles. The van der Waals surface area contributed by atoms with Gasteiger partial charge in [0, 0.05) is 31.5 Å². The normalized spacial score (nSPS) is 17.2. The Balaban J connectivity index is 2.32. The molecular formula is C14H27N3O3. The van der Waals surface area contributed by atoms with Crippen molar-refractivity contribution in [2.24, 2.45) is 0 Å². The lowest BCUT2D eigenvalue weighted by atomic mass is 10.1. The number of amides is 2. The molecule has 2 amide bonds. The highest BCUT2D eigenvalue weighted by atomic mass is 16.6. The van der Waals surface area contributed by atoms with Gasteiger partial charge in [-0.1, -0.05) is 0 Å². The zero-order chi connectivity index (χ0) is 15.3. The SMILES string of the molecule is CN(C)CC(=O)N1CCC(OC(=O)NC(C)(C)C)CC1. The maximum atomic E-state index is 11.9. The third-order valence-corrected chi connectivity index (χ3v) is 3.00. The topological polar surface area (TPSA) is 61.9 Å². The molecular weight excluding hydrogens is 258 g/mol. The van der Waals surface area contributed by atoms with Crippen molar-refractivity contribution in [2.75, 3.05) is 33.7 Å². The molecule has 6 nitrogen and oxygen atoms in total. The fourth-order valence-electron chi connectivity index (χ4n) is 2.08. The molecule has 0 atom stereocenters. The molecule has 0 aromatic heterocycles. The van der Waals surface area contributed by atoms with Gasteiger partial charge in [0.15, 0.2) is 0 Å². The van der Waals surface area contributed by atoms with E-state index < -0.39 is 0 Å². The van der Waals surface area contributed by atoms with E-state index in [0.717, 1.165) is 0 Å². The summed E-state index contributed by atoms with van der Waals surface area (Å²) in [6.07, 6.45) is 0.935. The van der Waals surface area contributed by atoms with Crippen LogP contribution in [0.1, 0.15) is 33.6 Å². The van der Waals surface area contributed by atoms with Crippen LogP contribution in [0.2, 0.25) is 0 Å². The van der Waals surface area contributed by atoms with Gasteiger partial charge in [-0.2, -0.15) is 0 Å². The number of piperidine rings is 1. The lowest BCUT2D eigenvalue weighted by molar-refractivity contribution is -0.133. The second-order valence-electron chi connectivity index (χ2n) is 6.60. The molecule has 0 aromatic rings. The first-order valence-electron chi connectivity index (χ1n) is 7.08. The van der Waals surface area contributed by atoms with Crippen molar-refractivity contribution >= 4 is 12.0 Å². The maximum absolute atomic E-state index is 11.9. The Morgan fingerprint density at radius 1 is 1.25 bits per heavy atom. The number of hydrogen-bond acceptors (Lipinski definition) is 4. The molecule has 20 heavy (non-hydrogen) atoms. The highest BCUT2D eigenvalue weighted by Gasteiger charge is 2.26. The van der Waals surface area contributed by atoms with E-state index in [1.54, 1.807) is 0 Å². The van der Waals surface area contributed by atoms with Crippen molar-refractivity contribution in [3.05, 3.63) is 0 Å². The number of likely N-dealkylation sites (tertiary alicyclic amines) is 1. The average molecular weight is 285 g/mol. The second kappa shape index (κ2) is 6.92. The molecule has 0 bridgehead atoms. The highest BCUT2D eigenvalue weighted by molar-refractivity contribution is 5.78. The quantitative estimate of drug-likeness (QED) is 0.842. The van der Waals surface area contributed by atoms with Gasteiger partial charge in [-0.05, 0) is 34.9 Å². The number of rotatable bonds is 3. The first-order valence-corrected chi connectivity index (χ1v) is 7.08. The number of nitrogens with one attached hydrogen (secondary N) is 1. The summed E-state index contributed by atoms with van der Waals surface area (Å²) in [4.78, 5) is 27.3. The van der Waals surface area contributed by atoms with E-state index in [9.17, 15) is 9.59 Å². The summed E-state index contributed by atoms with van der Waals surface area (Å²) in [5.41, 5.74) is -0.292. The molecule has 0 radical (unpaired) electrons. The molecule has 0 spiro atoms. The van der Waals surface area contributed by atoms with Crippen molar-refractivity contribution in [3.63, 3.8) is 0 Å². The van der Waals surface area contributed by atoms with Crippen LogP contribution in [-0.2, 0) is 9.53 Å². The third-order valence-electron chi connectivity index (χ3n) is 3.00. The summed E-state index contributed by atoms with van der Waals surface area (Å²) < 4.78 is 5.38. The molecule has 1 N–H and O–H groups in total. The van der Waals surface area contributed by atoms with Gasteiger partial charge in [0.2, 0.25) is 5.91 Å². The Morgan fingerprint density at radius 2 is 1.80 bits per heavy atom. The van der Waals surface area contributed by atoms with E-state index >= 15 is 0 Å². The van der Waals surface area contributed by atoms with E-state index in [-0.39, 0.29) is 23.6 Å². The smallest absolute Gasteiger partial charge is 0.407 e. The summed E-state index contributed by atoms with van der Waals surface area (Å²) >= 11 is 0. The molecule has 116 valence electrons. The molecule has 0 aromatic carbocycles. The van der Waals surface area contributed by atoms with Gasteiger partial charge >= 0.3 is 6.09 Å². The van der Waals surface area contributed by atoms with Crippen molar-refractivity contribution in [2.45, 2.75) is 45.3 Å². The first-order chi connectivity index (χ1) is 9.17. The molecule has 1 aliphatic rings. The van der Waals surface area contributed by atoms with Crippen LogP contribution in [-0.4, -0.2) is 67.2 Å². The molecule has 0 saturated carbocycles. The Labute approximate surface area is 121 Å². The summed E-state index contributed by atoms with van der Waals surface area (Å²) in [5, 5.41) is 2.78. The van der Waals surface area contributed by atoms with Crippen LogP contribution in [0.4, 0.5) is 4.79 Å². The molecule has 1 heterocycles. The fourth-order valence-corrected chi connectivity index (χ4v) is 2.08. The molecule has 1 fully saturated rings. The Hall–Kier alpha value is -1.30. The van der Waals surface area contributed by atoms with E-state index in [1.165, 1.54) is 0 Å². The molecule has 6 heteroatoms. The van der Waals surface area contributed by atoms with Crippen LogP contribution < -0.4 is 5.32 Å². The van der Waals surface area contributed by atoms with Gasteiger partial charge in [0.25, 0.3) is 0 Å². The Kier molecular flexibility index (Phi) is 5.80. The van der Waals surface area contributed by atoms with Crippen LogP contribution >= 0.6 is 0 Å². The Bertz CT molecular complexity index is 342. The highest BCUT2D eigenvalue weighted by Crippen LogP contribution is 2.14. The van der Waals surface area contributed by atoms with Crippen LogP contribution in [0.15, 0.2) is 0 Å². The van der Waals surface area contributed by atoms with Crippen molar-refractivity contribution in [3.8, 4) is 0 Å². The monoisotopic (exact) mass is 285 g/mol. The number of carbonyl (C=O) groups is 2. The average Bonchev–Trinajstić information content (AvgIpc) is 2.26. The van der Waals surface area contributed by atoms with Crippen LogP contribution in [0.5, 0.6) is 0 Å². The molecule has 1 aliphatic heterocycles. The van der Waals surface area contributed by atoms with E-state index in [4.69, 9.17) is 4.74 Å². The second-order valence-corrected chi connectivity index (χ2v) is 6.60. The lowest BCUT2D eigenvalue weighted by Gasteiger charge is -2.33. The minimum Gasteiger partial charge on any atom is -0.446 e. The first kappa shape index (κ1) is 16.8. The number of ether oxygens (including phenoxy) is 1. The van der Waals surface area contributed by atoms with Crippen LogP contribution in [0, 0.1) is 0 Å². The minimum atomic E-state index is -0.379. The lowest BCUT2D eigenvalue weighted by Crippen LogP contribution is -2.47. The predicted molar refractivity (Wildman–Crippen MR) is 77.5 cm³/mol. The predicted octanol–water partition coefficient (Wildman–Crippen LogP) is 1.06. The van der Waals surface area contributed by atoms with Gasteiger partial charge in [-0.15, -0.1) is 0 Å². The number of hydrogen-bond donors (Lipinski definition) is 1. The van der Waals surface area contributed by atoms with E-state index in [1.807, 2.05) is 44.7 Å². The van der Waals surface area contributed by atoms with Crippen LogP contribution in [0.3, 0.4) is 0 Å². The number of carbonyl (C=O) groups excluding carboxylic acids is 2. The van der Waals surface area contributed by atoms with Gasteiger partial charge in [0.05, 0.1) is 6.54 Å².